The number of hydrogen-bond donors (Lipinski definition) is 1. The highest BCUT2D eigenvalue weighted by atomic mass is 32.1. The zero-order valence-electron chi connectivity index (χ0n) is 11.6. The average molecular weight is 271 g/mol. The molecule has 0 fully saturated rings. The van der Waals surface area contributed by atoms with E-state index >= 15 is 0 Å². The van der Waals surface area contributed by atoms with Crippen LogP contribution in [0.4, 0.5) is 0 Å². The zero-order valence-corrected chi connectivity index (χ0v) is 12.4. The molecule has 1 rings (SSSR count). The van der Waals surface area contributed by atoms with Gasteiger partial charge in [-0.05, 0) is 19.4 Å². The maximum absolute atomic E-state index is 4.97. The first-order valence-electron chi connectivity index (χ1n) is 6.87. The summed E-state index contributed by atoms with van der Waals surface area (Å²) >= 11 is 1.78. The first kappa shape index (κ1) is 15.5. The zero-order chi connectivity index (χ0) is 13.1. The van der Waals surface area contributed by atoms with Crippen LogP contribution >= 0.6 is 11.3 Å². The van der Waals surface area contributed by atoms with E-state index in [0.29, 0.717) is 0 Å². The second-order valence-corrected chi connectivity index (χ2v) is 5.54. The Bertz CT molecular complexity index is 304. The molecule has 18 heavy (non-hydrogen) atoms. The summed E-state index contributed by atoms with van der Waals surface area (Å²) in [6.45, 7) is 4.95. The van der Waals surface area contributed by atoms with Crippen LogP contribution < -0.4 is 5.32 Å². The molecule has 0 saturated heterocycles. The highest BCUT2D eigenvalue weighted by Gasteiger charge is 2.03. The molecule has 0 aliphatic rings. The van der Waals surface area contributed by atoms with Crippen LogP contribution in [0.15, 0.2) is 0 Å². The number of unbranched alkanes of at least 4 members (excludes halogenated alkanes) is 2. The lowest BCUT2D eigenvalue weighted by atomic mass is 10.2. The van der Waals surface area contributed by atoms with Crippen molar-refractivity contribution in [3.8, 4) is 0 Å². The first-order chi connectivity index (χ1) is 8.86. The minimum absolute atomic E-state index is 0.778. The third-order valence-corrected chi connectivity index (χ3v) is 3.77. The predicted molar refractivity (Wildman–Crippen MR) is 76.2 cm³/mol. The molecule has 0 aliphatic carbocycles. The number of ether oxygens (including phenoxy) is 1. The molecular weight excluding hydrogens is 246 g/mol. The summed E-state index contributed by atoms with van der Waals surface area (Å²) in [5.74, 6) is 0. The van der Waals surface area contributed by atoms with Gasteiger partial charge in [-0.25, -0.2) is 0 Å². The molecule has 0 bridgehead atoms. The van der Waals surface area contributed by atoms with E-state index in [0.717, 1.165) is 39.0 Å². The first-order valence-corrected chi connectivity index (χ1v) is 7.69. The van der Waals surface area contributed by atoms with Crippen LogP contribution in [0.1, 0.15) is 42.6 Å². The predicted octanol–water partition coefficient (Wildman–Crippen LogP) is 2.44. The Morgan fingerprint density at radius 1 is 1.06 bits per heavy atom. The van der Waals surface area contributed by atoms with E-state index in [-0.39, 0.29) is 0 Å². The van der Waals surface area contributed by atoms with Gasteiger partial charge in [0.2, 0.25) is 0 Å². The molecule has 0 unspecified atom stereocenters. The number of aromatic nitrogens is 2. The highest BCUT2D eigenvalue weighted by Crippen LogP contribution is 2.14. The highest BCUT2D eigenvalue weighted by molar-refractivity contribution is 7.11. The molecule has 0 spiro atoms. The summed E-state index contributed by atoms with van der Waals surface area (Å²) in [7, 11) is 1.73. The molecule has 1 aromatic heterocycles. The maximum atomic E-state index is 4.97. The van der Waals surface area contributed by atoms with Gasteiger partial charge in [0.1, 0.15) is 10.0 Å². The van der Waals surface area contributed by atoms with E-state index in [9.17, 15) is 0 Å². The van der Waals surface area contributed by atoms with E-state index < -0.39 is 0 Å². The van der Waals surface area contributed by atoms with Gasteiger partial charge in [-0.3, -0.25) is 0 Å². The molecule has 0 aliphatic heterocycles. The number of methoxy groups -OCH3 is 1. The van der Waals surface area contributed by atoms with Crippen LogP contribution in [0, 0.1) is 0 Å². The van der Waals surface area contributed by atoms with Gasteiger partial charge in [0.15, 0.2) is 0 Å². The smallest absolute Gasteiger partial charge is 0.117 e. The third kappa shape index (κ3) is 7.03. The van der Waals surface area contributed by atoms with Crippen molar-refractivity contribution in [2.75, 3.05) is 26.8 Å². The normalized spacial score (nSPS) is 11.0. The lowest BCUT2D eigenvalue weighted by molar-refractivity contribution is 0.199. The van der Waals surface area contributed by atoms with Crippen molar-refractivity contribution in [1.82, 2.24) is 15.5 Å². The molecule has 1 N–H and O–H groups in total. The lowest BCUT2D eigenvalue weighted by Crippen LogP contribution is -2.20. The topological polar surface area (TPSA) is 47.0 Å². The Balaban J connectivity index is 2.07. The molecule has 5 heteroatoms. The van der Waals surface area contributed by atoms with Crippen molar-refractivity contribution < 1.29 is 4.74 Å². The Hall–Kier alpha value is -0.520. The second kappa shape index (κ2) is 10.4. The number of nitrogens with one attached hydrogen (secondary N) is 1. The van der Waals surface area contributed by atoms with E-state index in [1.165, 1.54) is 29.3 Å². The third-order valence-electron chi connectivity index (χ3n) is 2.73. The van der Waals surface area contributed by atoms with Crippen LogP contribution in [0.5, 0.6) is 0 Å². The number of aryl methyl sites for hydroxylation is 2. The van der Waals surface area contributed by atoms with Crippen molar-refractivity contribution >= 4 is 11.3 Å². The molecule has 0 aromatic carbocycles. The van der Waals surface area contributed by atoms with Crippen molar-refractivity contribution in [2.24, 2.45) is 0 Å². The van der Waals surface area contributed by atoms with E-state index in [4.69, 9.17) is 4.74 Å². The van der Waals surface area contributed by atoms with Crippen LogP contribution in [0.2, 0.25) is 0 Å². The SMILES string of the molecule is CCCCCc1nnc(CCCNCCOC)s1. The molecule has 1 aromatic rings. The van der Waals surface area contributed by atoms with E-state index in [1.807, 2.05) is 0 Å². The fourth-order valence-corrected chi connectivity index (χ4v) is 2.61. The van der Waals surface area contributed by atoms with E-state index in [2.05, 4.69) is 22.4 Å². The van der Waals surface area contributed by atoms with Crippen LogP contribution in [-0.2, 0) is 17.6 Å². The largest absolute Gasteiger partial charge is 0.383 e. The summed E-state index contributed by atoms with van der Waals surface area (Å²) < 4.78 is 4.97. The van der Waals surface area contributed by atoms with Gasteiger partial charge < -0.3 is 10.1 Å². The van der Waals surface area contributed by atoms with Crippen molar-refractivity contribution in [3.63, 3.8) is 0 Å². The molecule has 4 nitrogen and oxygen atoms in total. The summed E-state index contributed by atoms with van der Waals surface area (Å²) in [5.41, 5.74) is 0. The second-order valence-electron chi connectivity index (χ2n) is 4.39. The molecular formula is C13H25N3OS. The minimum atomic E-state index is 0.778. The number of rotatable bonds is 11. The lowest BCUT2D eigenvalue weighted by Gasteiger charge is -2.01. The van der Waals surface area contributed by atoms with Crippen LogP contribution in [0.3, 0.4) is 0 Å². The Morgan fingerprint density at radius 3 is 2.44 bits per heavy atom. The monoisotopic (exact) mass is 271 g/mol. The van der Waals surface area contributed by atoms with E-state index in [1.54, 1.807) is 18.4 Å². The number of hydrogen-bond acceptors (Lipinski definition) is 5. The van der Waals surface area contributed by atoms with Gasteiger partial charge in [0.25, 0.3) is 0 Å². The fraction of sp³-hybridized carbons (Fsp3) is 0.846. The Kier molecular flexibility index (Phi) is 8.98. The summed E-state index contributed by atoms with van der Waals surface area (Å²) in [6, 6.07) is 0. The molecule has 0 atom stereocenters. The molecule has 0 saturated carbocycles. The number of nitrogens with zero attached hydrogens (tertiary/aromatic N) is 2. The van der Waals surface area contributed by atoms with Gasteiger partial charge >= 0.3 is 0 Å². The van der Waals surface area contributed by atoms with Gasteiger partial charge in [0, 0.05) is 26.5 Å². The standard InChI is InChI=1S/C13H25N3OS/c1-3-4-5-7-12-15-16-13(18-12)8-6-9-14-10-11-17-2/h14H,3-11H2,1-2H3. The fourth-order valence-electron chi connectivity index (χ4n) is 1.68. The van der Waals surface area contributed by atoms with Gasteiger partial charge in [-0.15, -0.1) is 21.5 Å². The van der Waals surface area contributed by atoms with Gasteiger partial charge in [-0.2, -0.15) is 0 Å². The summed E-state index contributed by atoms with van der Waals surface area (Å²) in [4.78, 5) is 0. The molecule has 104 valence electrons. The maximum Gasteiger partial charge on any atom is 0.117 e. The van der Waals surface area contributed by atoms with Gasteiger partial charge in [0.05, 0.1) is 6.61 Å². The summed E-state index contributed by atoms with van der Waals surface area (Å²) in [6.07, 6.45) is 7.04. The summed E-state index contributed by atoms with van der Waals surface area (Å²) in [5, 5.41) is 14.2. The molecule has 0 amide bonds. The van der Waals surface area contributed by atoms with Crippen LogP contribution in [0.25, 0.3) is 0 Å². The minimum Gasteiger partial charge on any atom is -0.383 e. The van der Waals surface area contributed by atoms with Crippen molar-refractivity contribution in [1.29, 1.82) is 0 Å². The Morgan fingerprint density at radius 2 is 1.78 bits per heavy atom. The van der Waals surface area contributed by atoms with Crippen LogP contribution in [-0.4, -0.2) is 37.0 Å². The van der Waals surface area contributed by atoms with Crippen molar-refractivity contribution in [3.05, 3.63) is 10.0 Å². The molecule has 1 heterocycles. The van der Waals surface area contributed by atoms with Gasteiger partial charge in [-0.1, -0.05) is 19.8 Å². The quantitative estimate of drug-likeness (QED) is 0.628. The Labute approximate surface area is 114 Å². The van der Waals surface area contributed by atoms with Crippen molar-refractivity contribution in [2.45, 2.75) is 45.4 Å². The average Bonchev–Trinajstić information content (AvgIpc) is 2.82. The molecule has 0 radical (unpaired) electrons.